The molecule has 29 heavy (non-hydrogen) atoms. The van der Waals surface area contributed by atoms with Gasteiger partial charge in [0.25, 0.3) is 0 Å². The number of hydrogen-bond acceptors (Lipinski definition) is 5. The smallest absolute Gasteiger partial charge is 0.402 e. The number of fused-ring (bicyclic) bond motifs is 1. The lowest BCUT2D eigenvalue weighted by molar-refractivity contribution is -0.159. The minimum Gasteiger partial charge on any atom is -0.432 e. The predicted molar refractivity (Wildman–Crippen MR) is 98.3 cm³/mol. The molecule has 0 spiro atoms. The summed E-state index contributed by atoms with van der Waals surface area (Å²) in [5.74, 6) is -1.36. The van der Waals surface area contributed by atoms with E-state index in [1.54, 1.807) is 13.0 Å². The molecule has 0 saturated carbocycles. The molecule has 1 N–H and O–H groups in total. The largest absolute Gasteiger partial charge is 0.432 e. The first kappa shape index (κ1) is 18.9. The Kier molecular flexibility index (Phi) is 4.45. The molecule has 148 valence electrons. The highest BCUT2D eigenvalue weighted by Gasteiger charge is 2.40. The number of nitrogens with zero attached hydrogens (tertiary/aromatic N) is 3. The number of nitrogens with one attached hydrogen (secondary N) is 1. The maximum atomic E-state index is 13.8. The van der Waals surface area contributed by atoms with Gasteiger partial charge in [-0.15, -0.1) is 0 Å². The summed E-state index contributed by atoms with van der Waals surface area (Å²) in [6.45, 7) is 5.37. The van der Waals surface area contributed by atoms with Crippen molar-refractivity contribution in [1.82, 2.24) is 15.0 Å². The number of alkyl halides is 2. The molecule has 1 aromatic carbocycles. The molecule has 0 fully saturated rings. The normalized spacial score (nSPS) is 14.2. The first-order valence-corrected chi connectivity index (χ1v) is 8.51. The maximum absolute atomic E-state index is 13.8. The Balaban J connectivity index is 1.57. The molecule has 0 unspecified atom stereocenters. The molecule has 3 aromatic rings. The summed E-state index contributed by atoms with van der Waals surface area (Å²) in [4.78, 5) is 11.9. The summed E-state index contributed by atoms with van der Waals surface area (Å²) in [5, 5.41) is 2.69. The number of pyridine rings is 1. The van der Waals surface area contributed by atoms with E-state index in [9.17, 15) is 17.6 Å². The van der Waals surface area contributed by atoms with Crippen molar-refractivity contribution in [2.24, 2.45) is 0 Å². The topological polar surface area (TPSA) is 59.9 Å². The molecule has 0 aliphatic carbocycles. The zero-order valence-corrected chi connectivity index (χ0v) is 15.1. The summed E-state index contributed by atoms with van der Waals surface area (Å²) in [7, 11) is 0. The van der Waals surface area contributed by atoms with Crippen LogP contribution < -0.4 is 10.1 Å². The van der Waals surface area contributed by atoms with E-state index < -0.39 is 24.2 Å². The fourth-order valence-electron chi connectivity index (χ4n) is 3.10. The summed E-state index contributed by atoms with van der Waals surface area (Å²) >= 11 is 0. The number of benzene rings is 1. The standard InChI is InChI=1S/C20H14F4N4O/c1-10-3-17-12(5-20(23,24)29-17)4-13(10)16-8-27-18(9-26-16)28-11(2)19-14(21)6-25-7-15(19)22/h3-4,6-9H,2,5H2,1H3,(H,27,28). The van der Waals surface area contributed by atoms with Crippen molar-refractivity contribution in [3.63, 3.8) is 0 Å². The van der Waals surface area contributed by atoms with Crippen LogP contribution in [0, 0.1) is 18.6 Å². The van der Waals surface area contributed by atoms with Gasteiger partial charge in [0.05, 0.1) is 42.5 Å². The molecule has 0 amide bonds. The minimum absolute atomic E-state index is 0.0439. The average Bonchev–Trinajstić information content (AvgIpc) is 2.94. The van der Waals surface area contributed by atoms with Gasteiger partial charge in [-0.3, -0.25) is 9.97 Å². The van der Waals surface area contributed by atoms with Crippen LogP contribution in [0.1, 0.15) is 16.7 Å². The fourth-order valence-corrected chi connectivity index (χ4v) is 3.10. The monoisotopic (exact) mass is 402 g/mol. The number of rotatable bonds is 4. The Morgan fingerprint density at radius 2 is 1.83 bits per heavy atom. The molecule has 2 aromatic heterocycles. The van der Waals surface area contributed by atoms with Gasteiger partial charge >= 0.3 is 6.11 Å². The predicted octanol–water partition coefficient (Wildman–Crippen LogP) is 4.74. The van der Waals surface area contributed by atoms with Crippen LogP contribution in [-0.2, 0) is 6.42 Å². The molecule has 0 atom stereocenters. The zero-order chi connectivity index (χ0) is 20.8. The van der Waals surface area contributed by atoms with Crippen molar-refractivity contribution in [1.29, 1.82) is 0 Å². The Labute approximate surface area is 163 Å². The summed E-state index contributed by atoms with van der Waals surface area (Å²) < 4.78 is 59.1. The molecular weight excluding hydrogens is 388 g/mol. The number of aromatic nitrogens is 3. The van der Waals surface area contributed by atoms with E-state index in [4.69, 9.17) is 0 Å². The van der Waals surface area contributed by atoms with Gasteiger partial charge in [0.2, 0.25) is 0 Å². The molecule has 3 heterocycles. The summed E-state index contributed by atoms with van der Waals surface area (Å²) in [6, 6.07) is 3.14. The number of aryl methyl sites for hydroxylation is 1. The van der Waals surface area contributed by atoms with Crippen molar-refractivity contribution in [2.75, 3.05) is 5.32 Å². The molecule has 0 saturated heterocycles. The highest BCUT2D eigenvalue weighted by atomic mass is 19.3. The number of ether oxygens (including phenoxy) is 1. The number of halogens is 4. The zero-order valence-electron chi connectivity index (χ0n) is 15.1. The molecule has 0 bridgehead atoms. The van der Waals surface area contributed by atoms with E-state index in [0.29, 0.717) is 22.4 Å². The molecular formula is C20H14F4N4O. The second-order valence-electron chi connectivity index (χ2n) is 6.56. The van der Waals surface area contributed by atoms with Gasteiger partial charge < -0.3 is 10.1 Å². The van der Waals surface area contributed by atoms with Crippen LogP contribution in [0.15, 0.2) is 43.5 Å². The first-order valence-electron chi connectivity index (χ1n) is 8.51. The summed E-state index contributed by atoms with van der Waals surface area (Å²) in [5.41, 5.74) is 1.78. The molecule has 1 aliphatic rings. The third-order valence-corrected chi connectivity index (χ3v) is 4.42. The molecule has 1 aliphatic heterocycles. The Bertz CT molecular complexity index is 1100. The Morgan fingerprint density at radius 1 is 1.10 bits per heavy atom. The van der Waals surface area contributed by atoms with Crippen LogP contribution in [0.25, 0.3) is 17.0 Å². The lowest BCUT2D eigenvalue weighted by atomic mass is 10.0. The van der Waals surface area contributed by atoms with Gasteiger partial charge in [-0.05, 0) is 24.6 Å². The van der Waals surface area contributed by atoms with Crippen LogP contribution in [0.5, 0.6) is 5.75 Å². The minimum atomic E-state index is -3.22. The fraction of sp³-hybridized carbons (Fsp3) is 0.150. The Morgan fingerprint density at radius 3 is 2.48 bits per heavy atom. The number of anilines is 1. The SMILES string of the molecule is C=C(Nc1cnc(-c2cc3c(cc2C)OC(F)(F)C3)cn1)c1c(F)cncc1F. The van der Waals surface area contributed by atoms with Gasteiger partial charge in [0.15, 0.2) is 11.6 Å². The van der Waals surface area contributed by atoms with E-state index in [-0.39, 0.29) is 22.8 Å². The maximum Gasteiger partial charge on any atom is 0.402 e. The van der Waals surface area contributed by atoms with Gasteiger partial charge in [-0.1, -0.05) is 6.58 Å². The van der Waals surface area contributed by atoms with Crippen LogP contribution in [0.2, 0.25) is 0 Å². The van der Waals surface area contributed by atoms with Crippen molar-refractivity contribution >= 4 is 11.5 Å². The van der Waals surface area contributed by atoms with E-state index in [1.165, 1.54) is 18.5 Å². The third-order valence-electron chi connectivity index (χ3n) is 4.42. The van der Waals surface area contributed by atoms with Gasteiger partial charge in [0, 0.05) is 16.8 Å². The van der Waals surface area contributed by atoms with Crippen LogP contribution in [0.3, 0.4) is 0 Å². The van der Waals surface area contributed by atoms with Crippen LogP contribution >= 0.6 is 0 Å². The highest BCUT2D eigenvalue weighted by molar-refractivity contribution is 5.74. The lowest BCUT2D eigenvalue weighted by Crippen LogP contribution is -2.20. The van der Waals surface area contributed by atoms with E-state index >= 15 is 0 Å². The van der Waals surface area contributed by atoms with Gasteiger partial charge in [-0.25, -0.2) is 13.8 Å². The number of hydrogen-bond donors (Lipinski definition) is 1. The second-order valence-corrected chi connectivity index (χ2v) is 6.56. The molecule has 4 rings (SSSR count). The van der Waals surface area contributed by atoms with E-state index in [2.05, 4.69) is 31.6 Å². The van der Waals surface area contributed by atoms with Crippen LogP contribution in [0.4, 0.5) is 23.4 Å². The van der Waals surface area contributed by atoms with Crippen molar-refractivity contribution in [3.05, 3.63) is 71.8 Å². The van der Waals surface area contributed by atoms with E-state index in [0.717, 1.165) is 12.4 Å². The summed E-state index contributed by atoms with van der Waals surface area (Å²) in [6.07, 6.45) is 0.816. The molecule has 5 nitrogen and oxygen atoms in total. The third kappa shape index (κ3) is 3.63. The highest BCUT2D eigenvalue weighted by Crippen LogP contribution is 2.40. The quantitative estimate of drug-likeness (QED) is 0.639. The van der Waals surface area contributed by atoms with E-state index in [1.807, 2.05) is 0 Å². The second kappa shape index (κ2) is 6.84. The van der Waals surface area contributed by atoms with Gasteiger partial charge in [0.1, 0.15) is 11.6 Å². The van der Waals surface area contributed by atoms with Gasteiger partial charge in [-0.2, -0.15) is 8.78 Å². The Hall–Kier alpha value is -3.49. The van der Waals surface area contributed by atoms with Crippen molar-refractivity contribution < 1.29 is 22.3 Å². The van der Waals surface area contributed by atoms with Crippen molar-refractivity contribution in [2.45, 2.75) is 19.5 Å². The lowest BCUT2D eigenvalue weighted by Gasteiger charge is -2.11. The average molecular weight is 402 g/mol. The molecule has 0 radical (unpaired) electrons. The molecule has 9 heteroatoms. The first-order chi connectivity index (χ1) is 13.7. The van der Waals surface area contributed by atoms with Crippen molar-refractivity contribution in [3.8, 4) is 17.0 Å². The van der Waals surface area contributed by atoms with Crippen LogP contribution in [-0.4, -0.2) is 21.1 Å².